The molecule has 1 aromatic heterocycles. The largest absolute Gasteiger partial charge is 0.486 e. The number of hydrogen-bond acceptors (Lipinski definition) is 4. The first-order chi connectivity index (χ1) is 9.70. The monoisotopic (exact) mass is 278 g/mol. The minimum atomic E-state index is -0.346. The molecule has 112 valence electrons. The zero-order valence-electron chi connectivity index (χ0n) is 12.6. The van der Waals surface area contributed by atoms with E-state index in [1.807, 2.05) is 19.1 Å². The molecule has 20 heavy (non-hydrogen) atoms. The number of aliphatic hydroxyl groups is 1. The first-order valence-corrected chi connectivity index (χ1v) is 7.72. The predicted octanol–water partition coefficient (Wildman–Crippen LogP) is 2.57. The van der Waals surface area contributed by atoms with Gasteiger partial charge in [0.05, 0.1) is 11.8 Å². The van der Waals surface area contributed by atoms with E-state index >= 15 is 0 Å². The van der Waals surface area contributed by atoms with Crippen molar-refractivity contribution in [3.63, 3.8) is 0 Å². The maximum absolute atomic E-state index is 10.0. The molecule has 1 aliphatic rings. The van der Waals surface area contributed by atoms with Crippen LogP contribution in [0, 0.1) is 6.92 Å². The van der Waals surface area contributed by atoms with E-state index in [9.17, 15) is 5.11 Å². The van der Waals surface area contributed by atoms with Crippen LogP contribution in [0.25, 0.3) is 0 Å². The molecule has 0 amide bonds. The van der Waals surface area contributed by atoms with Crippen molar-refractivity contribution in [2.75, 3.05) is 6.54 Å². The number of ether oxygens (including phenoxy) is 1. The molecule has 2 unspecified atom stereocenters. The van der Waals surface area contributed by atoms with Gasteiger partial charge < -0.3 is 15.2 Å². The van der Waals surface area contributed by atoms with Crippen LogP contribution >= 0.6 is 0 Å². The third-order valence-electron chi connectivity index (χ3n) is 3.74. The number of aryl methyl sites for hydroxylation is 1. The number of aromatic nitrogens is 1. The molecule has 1 aromatic rings. The summed E-state index contributed by atoms with van der Waals surface area (Å²) in [7, 11) is 0. The summed E-state index contributed by atoms with van der Waals surface area (Å²) in [6.45, 7) is 5.82. The van der Waals surface area contributed by atoms with Gasteiger partial charge in [-0.15, -0.1) is 0 Å². The molecular formula is C16H26N2O2. The predicted molar refractivity (Wildman–Crippen MR) is 79.9 cm³/mol. The Balaban J connectivity index is 2.05. The van der Waals surface area contributed by atoms with Gasteiger partial charge in [0.15, 0.2) is 0 Å². The highest BCUT2D eigenvalue weighted by Crippen LogP contribution is 2.26. The number of hydrogen-bond donors (Lipinski definition) is 2. The van der Waals surface area contributed by atoms with Crippen LogP contribution < -0.4 is 10.1 Å². The molecule has 0 aromatic carbocycles. The summed E-state index contributed by atoms with van der Waals surface area (Å²) < 4.78 is 6.03. The van der Waals surface area contributed by atoms with Gasteiger partial charge in [-0.2, -0.15) is 0 Å². The van der Waals surface area contributed by atoms with Gasteiger partial charge in [0.25, 0.3) is 0 Å². The summed E-state index contributed by atoms with van der Waals surface area (Å²) in [5, 5.41) is 13.4. The van der Waals surface area contributed by atoms with E-state index in [2.05, 4.69) is 17.2 Å². The lowest BCUT2D eigenvalue weighted by atomic mass is 9.95. The summed E-state index contributed by atoms with van der Waals surface area (Å²) in [6.07, 6.45) is 4.66. The highest BCUT2D eigenvalue weighted by molar-refractivity contribution is 5.29. The normalized spacial score (nSPS) is 22.8. The van der Waals surface area contributed by atoms with Crippen LogP contribution in [0.4, 0.5) is 0 Å². The molecule has 4 nitrogen and oxygen atoms in total. The van der Waals surface area contributed by atoms with Gasteiger partial charge in [-0.05, 0) is 51.3 Å². The third-order valence-corrected chi connectivity index (χ3v) is 3.74. The first kappa shape index (κ1) is 15.3. The lowest BCUT2D eigenvalue weighted by molar-refractivity contribution is 0.00611. The smallest absolute Gasteiger partial charge is 0.142 e. The second-order valence-corrected chi connectivity index (χ2v) is 5.58. The fourth-order valence-electron chi connectivity index (χ4n) is 2.59. The highest BCUT2D eigenvalue weighted by Gasteiger charge is 2.25. The quantitative estimate of drug-likeness (QED) is 0.785. The Morgan fingerprint density at radius 3 is 2.90 bits per heavy atom. The van der Waals surface area contributed by atoms with Gasteiger partial charge in [0.1, 0.15) is 11.9 Å². The van der Waals surface area contributed by atoms with Crippen molar-refractivity contribution < 1.29 is 9.84 Å². The van der Waals surface area contributed by atoms with Crippen molar-refractivity contribution in [2.45, 2.75) is 64.7 Å². The van der Waals surface area contributed by atoms with Crippen LogP contribution in [0.5, 0.6) is 5.75 Å². The Kier molecular flexibility index (Phi) is 5.80. The number of rotatable bonds is 6. The maximum atomic E-state index is 10.0. The Bertz CT molecular complexity index is 423. The van der Waals surface area contributed by atoms with E-state index in [1.165, 1.54) is 0 Å². The summed E-state index contributed by atoms with van der Waals surface area (Å²) in [5.74, 6) is 0.810. The Hall–Kier alpha value is -1.13. The molecular weight excluding hydrogens is 252 g/mol. The van der Waals surface area contributed by atoms with E-state index < -0.39 is 0 Å². The maximum Gasteiger partial charge on any atom is 0.142 e. The van der Waals surface area contributed by atoms with Crippen molar-refractivity contribution in [3.8, 4) is 5.75 Å². The molecule has 1 fully saturated rings. The number of nitrogens with zero attached hydrogens (tertiary/aromatic N) is 1. The van der Waals surface area contributed by atoms with E-state index in [-0.39, 0.29) is 12.2 Å². The average molecular weight is 278 g/mol. The Labute approximate surface area is 121 Å². The minimum Gasteiger partial charge on any atom is -0.486 e. The molecule has 2 rings (SSSR count). The summed E-state index contributed by atoms with van der Waals surface area (Å²) in [4.78, 5) is 4.57. The van der Waals surface area contributed by atoms with Crippen LogP contribution in [-0.4, -0.2) is 28.8 Å². The van der Waals surface area contributed by atoms with E-state index in [4.69, 9.17) is 4.74 Å². The van der Waals surface area contributed by atoms with Gasteiger partial charge in [0, 0.05) is 12.2 Å². The van der Waals surface area contributed by atoms with Crippen molar-refractivity contribution in [3.05, 3.63) is 23.5 Å². The van der Waals surface area contributed by atoms with E-state index in [0.717, 1.165) is 55.8 Å². The lowest BCUT2D eigenvalue weighted by Crippen LogP contribution is -2.35. The minimum absolute atomic E-state index is 0.0850. The van der Waals surface area contributed by atoms with E-state index in [1.54, 1.807) is 0 Å². The summed E-state index contributed by atoms with van der Waals surface area (Å²) in [5.41, 5.74) is 1.94. The molecule has 2 atom stereocenters. The number of aliphatic hydroxyl groups excluding tert-OH is 1. The molecule has 4 heteroatoms. The van der Waals surface area contributed by atoms with Gasteiger partial charge in [-0.1, -0.05) is 13.3 Å². The zero-order chi connectivity index (χ0) is 14.4. The fourth-order valence-corrected chi connectivity index (χ4v) is 2.59. The first-order valence-electron chi connectivity index (χ1n) is 7.72. The Morgan fingerprint density at radius 1 is 1.35 bits per heavy atom. The topological polar surface area (TPSA) is 54.4 Å². The third kappa shape index (κ3) is 4.18. The fraction of sp³-hybridized carbons (Fsp3) is 0.688. The molecule has 2 N–H and O–H groups in total. The highest BCUT2D eigenvalue weighted by atomic mass is 16.5. The second-order valence-electron chi connectivity index (χ2n) is 5.58. The van der Waals surface area contributed by atoms with E-state index in [0.29, 0.717) is 6.54 Å². The summed E-state index contributed by atoms with van der Waals surface area (Å²) in [6, 6.07) is 3.94. The average Bonchev–Trinajstić information content (AvgIpc) is 2.44. The second kappa shape index (κ2) is 7.60. The molecule has 0 aliphatic heterocycles. The van der Waals surface area contributed by atoms with Crippen LogP contribution in [0.15, 0.2) is 12.1 Å². The van der Waals surface area contributed by atoms with Crippen LogP contribution in [-0.2, 0) is 6.54 Å². The van der Waals surface area contributed by atoms with Crippen molar-refractivity contribution >= 4 is 0 Å². The zero-order valence-corrected chi connectivity index (χ0v) is 12.6. The number of nitrogens with one attached hydrogen (secondary N) is 1. The Morgan fingerprint density at radius 2 is 2.15 bits per heavy atom. The van der Waals surface area contributed by atoms with Crippen LogP contribution in [0.2, 0.25) is 0 Å². The molecule has 0 spiro atoms. The molecule has 0 radical (unpaired) electrons. The summed E-state index contributed by atoms with van der Waals surface area (Å²) >= 11 is 0. The van der Waals surface area contributed by atoms with Gasteiger partial charge in [-0.25, -0.2) is 0 Å². The van der Waals surface area contributed by atoms with Gasteiger partial charge >= 0.3 is 0 Å². The van der Waals surface area contributed by atoms with Gasteiger partial charge in [0.2, 0.25) is 0 Å². The van der Waals surface area contributed by atoms with Crippen molar-refractivity contribution in [1.82, 2.24) is 10.3 Å². The standard InChI is InChI=1S/C16H26N2O2/c1-3-10-17-11-13-15(9-8-12(2)18-13)20-16-7-5-4-6-14(16)19/h8-9,14,16-17,19H,3-7,10-11H2,1-2H3. The molecule has 0 saturated heterocycles. The van der Waals surface area contributed by atoms with Crippen molar-refractivity contribution in [1.29, 1.82) is 0 Å². The SMILES string of the molecule is CCCNCc1nc(C)ccc1OC1CCCCC1O. The molecule has 1 heterocycles. The van der Waals surface area contributed by atoms with Crippen molar-refractivity contribution in [2.24, 2.45) is 0 Å². The molecule has 1 aliphatic carbocycles. The number of pyridine rings is 1. The molecule has 1 saturated carbocycles. The van der Waals surface area contributed by atoms with Gasteiger partial charge in [-0.3, -0.25) is 4.98 Å². The lowest BCUT2D eigenvalue weighted by Gasteiger charge is -2.28. The van der Waals surface area contributed by atoms with Crippen LogP contribution in [0.1, 0.15) is 50.4 Å². The van der Waals surface area contributed by atoms with Crippen LogP contribution in [0.3, 0.4) is 0 Å². The molecule has 0 bridgehead atoms.